The van der Waals surface area contributed by atoms with Crippen LogP contribution in [0.1, 0.15) is 111 Å². The van der Waals surface area contributed by atoms with Gasteiger partial charge in [-0.1, -0.05) is 76.8 Å². The van der Waals surface area contributed by atoms with E-state index in [0.29, 0.717) is 0 Å². The molecular weight excluding hydrogens is 679 g/mol. The zero-order valence-electron chi connectivity index (χ0n) is 29.3. The third-order valence-electron chi connectivity index (χ3n) is 9.65. The molecule has 0 aromatic heterocycles. The van der Waals surface area contributed by atoms with Crippen LogP contribution < -0.4 is 24.8 Å². The minimum atomic E-state index is 0. The molecule has 0 heterocycles. The molecule has 3 heteroatoms. The van der Waals surface area contributed by atoms with Gasteiger partial charge in [0, 0.05) is 0 Å². The van der Waals surface area contributed by atoms with Crippen molar-refractivity contribution >= 4 is 14.4 Å². The molecule has 0 saturated carbocycles. The fourth-order valence-electron chi connectivity index (χ4n) is 6.70. The van der Waals surface area contributed by atoms with E-state index in [0.717, 1.165) is 12.8 Å². The summed E-state index contributed by atoms with van der Waals surface area (Å²) >= 11 is 1.51. The van der Waals surface area contributed by atoms with Gasteiger partial charge in [0.25, 0.3) is 0 Å². The topological polar surface area (TPSA) is 0 Å². The van der Waals surface area contributed by atoms with Crippen LogP contribution in [0.4, 0.5) is 0 Å². The van der Waals surface area contributed by atoms with Crippen molar-refractivity contribution in [3.05, 3.63) is 141 Å². The first kappa shape index (κ1) is 38.1. The van der Waals surface area contributed by atoms with Crippen LogP contribution in [-0.2, 0) is 41.5 Å². The minimum absolute atomic E-state index is 0. The molecule has 0 unspecified atom stereocenters. The van der Waals surface area contributed by atoms with E-state index in [1.807, 2.05) is 0 Å². The molecule has 0 aliphatic heterocycles. The summed E-state index contributed by atoms with van der Waals surface area (Å²) in [6, 6.07) is 25.0. The summed E-state index contributed by atoms with van der Waals surface area (Å²) in [5, 5.41) is 0. The first-order valence-corrected chi connectivity index (χ1v) is 17.3. The van der Waals surface area contributed by atoms with Gasteiger partial charge in [0.2, 0.25) is 0 Å². The average molecular weight is 727 g/mol. The molecule has 3 aliphatic carbocycles. The SMILES string of the molecule is CC1=C[CH-]C(C)(C)c2cc3c(cc21)-c1cc2c(cc1C3)C(C)(C)CC=C2C.C[C](=[Zr+2])c1ccc(C)cc1.Cc1c[cH-]c(C)c1.[Cl-].[Cl-]. The Hall–Kier alpha value is -2.31. The molecule has 3 aliphatic rings. The van der Waals surface area contributed by atoms with Gasteiger partial charge in [-0.15, -0.1) is 12.5 Å². The van der Waals surface area contributed by atoms with Gasteiger partial charge in [-0.3, -0.25) is 0 Å². The Balaban J connectivity index is 0.000000251. The largest absolute Gasteiger partial charge is 1.00 e. The number of benzene rings is 3. The van der Waals surface area contributed by atoms with E-state index in [2.05, 4.69) is 155 Å². The molecule has 0 N–H and O–H groups in total. The molecule has 0 amide bonds. The Bertz CT molecular complexity index is 1690. The molecule has 0 spiro atoms. The molecule has 0 fully saturated rings. The standard InChI is InChI=1S/C27H29.C9H10.C7H9.2ClH.Zr/c1-16-7-9-26(3,4)24-12-18-11-19-13-25-21(17(2)8-10-27(25,5)6)15-23(19)22(18)14-20(16)24;1-3-9-6-4-8(2)5-7-9;1-6-3-4-7(2)5-6;;;/h7-9,12-15H,10-11H2,1-6H3;4-7H,1-2H3;3-5H,1-2H3;2*1H;/q-1;;-1;;;+2/p-2. The Labute approximate surface area is 306 Å². The summed E-state index contributed by atoms with van der Waals surface area (Å²) in [6.45, 7) is 22.4. The molecule has 46 heavy (non-hydrogen) atoms. The monoisotopic (exact) mass is 724 g/mol. The number of rotatable bonds is 1. The van der Waals surface area contributed by atoms with Crippen molar-refractivity contribution in [2.24, 2.45) is 0 Å². The molecule has 4 aromatic carbocycles. The molecule has 240 valence electrons. The summed E-state index contributed by atoms with van der Waals surface area (Å²) in [5.74, 6) is 0. The normalized spacial score (nSPS) is 15.6. The minimum Gasteiger partial charge on any atom is -1.00 e. The van der Waals surface area contributed by atoms with Gasteiger partial charge in [0.1, 0.15) is 0 Å². The van der Waals surface area contributed by atoms with Gasteiger partial charge in [-0.05, 0) is 70.2 Å². The van der Waals surface area contributed by atoms with E-state index >= 15 is 0 Å². The summed E-state index contributed by atoms with van der Waals surface area (Å²) < 4.78 is 1.46. The maximum absolute atomic E-state index is 2.51. The first-order chi connectivity index (χ1) is 20.7. The quantitative estimate of drug-likeness (QED) is 0.205. The fourth-order valence-corrected chi connectivity index (χ4v) is 7.11. The number of fused-ring (bicyclic) bond motifs is 5. The maximum Gasteiger partial charge on any atom is -0.0635 e. The van der Waals surface area contributed by atoms with Crippen molar-refractivity contribution in [3.8, 4) is 11.1 Å². The molecule has 0 bridgehead atoms. The summed E-state index contributed by atoms with van der Waals surface area (Å²) in [4.78, 5) is 0. The first-order valence-electron chi connectivity index (χ1n) is 16.0. The van der Waals surface area contributed by atoms with Crippen molar-refractivity contribution in [1.82, 2.24) is 0 Å². The van der Waals surface area contributed by atoms with Gasteiger partial charge in [-0.2, -0.15) is 23.3 Å². The van der Waals surface area contributed by atoms with Crippen LogP contribution in [0.5, 0.6) is 0 Å². The Kier molecular flexibility index (Phi) is 12.3. The van der Waals surface area contributed by atoms with E-state index in [1.165, 1.54) is 105 Å². The van der Waals surface area contributed by atoms with Gasteiger partial charge in [-0.25, -0.2) is 24.1 Å². The fraction of sp³-hybridized carbons (Fsp3) is 0.326. The second-order valence-corrected chi connectivity index (χ2v) is 16.3. The van der Waals surface area contributed by atoms with Gasteiger partial charge in [0.05, 0.1) is 0 Å². The van der Waals surface area contributed by atoms with E-state index in [9.17, 15) is 0 Å². The number of allylic oxidation sites excluding steroid dienone is 4. The summed E-state index contributed by atoms with van der Waals surface area (Å²) in [7, 11) is 0. The number of aryl methyl sites for hydroxylation is 3. The Morgan fingerprint density at radius 1 is 0.696 bits per heavy atom. The number of halogens is 2. The molecular formula is C43H48Cl2Zr-2. The average Bonchev–Trinajstić information content (AvgIpc) is 3.53. The molecule has 0 atom stereocenters. The summed E-state index contributed by atoms with van der Waals surface area (Å²) in [6.07, 6.45) is 9.28. The third kappa shape index (κ3) is 8.04. The van der Waals surface area contributed by atoms with E-state index in [1.54, 1.807) is 0 Å². The smallest absolute Gasteiger partial charge is 0.0635 e. The Morgan fingerprint density at radius 3 is 1.76 bits per heavy atom. The van der Waals surface area contributed by atoms with Gasteiger partial charge in [0.15, 0.2) is 0 Å². The molecule has 0 saturated heterocycles. The van der Waals surface area contributed by atoms with Crippen molar-refractivity contribution < 1.29 is 49.0 Å². The zero-order chi connectivity index (χ0) is 32.0. The van der Waals surface area contributed by atoms with E-state index in [4.69, 9.17) is 0 Å². The second-order valence-electron chi connectivity index (χ2n) is 14.5. The number of hydrogen-bond donors (Lipinski definition) is 0. The van der Waals surface area contributed by atoms with Crippen molar-refractivity contribution in [2.75, 3.05) is 0 Å². The van der Waals surface area contributed by atoms with Crippen LogP contribution in [-0.4, -0.2) is 3.21 Å². The number of hydrogen-bond acceptors (Lipinski definition) is 0. The van der Waals surface area contributed by atoms with Crippen LogP contribution in [0.25, 0.3) is 22.3 Å². The molecule has 0 radical (unpaired) electrons. The molecule has 4 aromatic rings. The molecule has 0 nitrogen and oxygen atoms in total. The van der Waals surface area contributed by atoms with Gasteiger partial charge < -0.3 is 24.8 Å². The second kappa shape index (κ2) is 14.9. The van der Waals surface area contributed by atoms with Crippen LogP contribution in [0, 0.1) is 27.2 Å². The third-order valence-corrected chi connectivity index (χ3v) is 10.4. The van der Waals surface area contributed by atoms with Crippen LogP contribution in [0.3, 0.4) is 0 Å². The predicted molar refractivity (Wildman–Crippen MR) is 189 cm³/mol. The van der Waals surface area contributed by atoms with Crippen LogP contribution in [0.2, 0.25) is 0 Å². The predicted octanol–water partition coefficient (Wildman–Crippen LogP) is 5.35. The van der Waals surface area contributed by atoms with Crippen LogP contribution in [0.15, 0.2) is 78.9 Å². The van der Waals surface area contributed by atoms with Crippen molar-refractivity contribution in [2.45, 2.75) is 92.9 Å². The van der Waals surface area contributed by atoms with E-state index < -0.39 is 0 Å². The van der Waals surface area contributed by atoms with E-state index in [-0.39, 0.29) is 35.6 Å². The van der Waals surface area contributed by atoms with Crippen molar-refractivity contribution in [3.63, 3.8) is 0 Å². The summed E-state index contributed by atoms with van der Waals surface area (Å²) in [5.41, 5.74) is 20.4. The Morgan fingerprint density at radius 2 is 1.26 bits per heavy atom. The molecule has 7 rings (SSSR count). The van der Waals surface area contributed by atoms with Crippen LogP contribution >= 0.6 is 0 Å². The zero-order valence-corrected chi connectivity index (χ0v) is 33.2. The van der Waals surface area contributed by atoms with Gasteiger partial charge >= 0.3 is 76.7 Å². The van der Waals surface area contributed by atoms with Crippen molar-refractivity contribution in [1.29, 1.82) is 0 Å². The maximum atomic E-state index is 2.51.